The lowest BCUT2D eigenvalue weighted by atomic mass is 10.1. The van der Waals surface area contributed by atoms with Crippen molar-refractivity contribution >= 4 is 23.3 Å². The minimum absolute atomic E-state index is 0.0508. The van der Waals surface area contributed by atoms with Crippen molar-refractivity contribution in [1.82, 2.24) is 4.90 Å². The first-order valence-corrected chi connectivity index (χ1v) is 8.36. The number of nitrogens with zero attached hydrogens (tertiary/aromatic N) is 1. The molecule has 0 saturated heterocycles. The summed E-state index contributed by atoms with van der Waals surface area (Å²) >= 11 is 0. The van der Waals surface area contributed by atoms with Crippen molar-refractivity contribution < 1.29 is 9.59 Å². The monoisotopic (exact) mass is 339 g/mol. The van der Waals surface area contributed by atoms with Crippen molar-refractivity contribution in [2.75, 3.05) is 10.6 Å². The third kappa shape index (κ3) is 5.35. The summed E-state index contributed by atoms with van der Waals surface area (Å²) in [6.07, 6.45) is 0. The van der Waals surface area contributed by atoms with E-state index in [0.29, 0.717) is 12.2 Å². The lowest BCUT2D eigenvalue weighted by molar-refractivity contribution is -0.131. The highest BCUT2D eigenvalue weighted by molar-refractivity contribution is 6.00. The molecule has 132 valence electrons. The van der Waals surface area contributed by atoms with E-state index >= 15 is 0 Å². The number of hydrogen-bond donors (Lipinski definition) is 2. The van der Waals surface area contributed by atoms with Gasteiger partial charge in [0.25, 0.3) is 0 Å². The number of anilines is 2. The molecular weight excluding hydrogens is 314 g/mol. The van der Waals surface area contributed by atoms with Gasteiger partial charge in [0.05, 0.1) is 0 Å². The number of urea groups is 1. The lowest BCUT2D eigenvalue weighted by Gasteiger charge is -2.25. The number of hydrogen-bond acceptors (Lipinski definition) is 2. The van der Waals surface area contributed by atoms with Crippen molar-refractivity contribution in [3.8, 4) is 0 Å². The summed E-state index contributed by atoms with van der Waals surface area (Å²) in [4.78, 5) is 25.6. The van der Waals surface area contributed by atoms with E-state index in [1.54, 1.807) is 11.8 Å². The van der Waals surface area contributed by atoms with Crippen LogP contribution in [0.1, 0.15) is 31.9 Å². The summed E-state index contributed by atoms with van der Waals surface area (Å²) in [5.74, 6) is 0.0508. The van der Waals surface area contributed by atoms with Gasteiger partial charge in [-0.3, -0.25) is 4.79 Å². The van der Waals surface area contributed by atoms with Crippen LogP contribution in [-0.2, 0) is 11.3 Å². The Morgan fingerprint density at radius 2 is 1.64 bits per heavy atom. The van der Waals surface area contributed by atoms with E-state index in [2.05, 4.69) is 10.6 Å². The van der Waals surface area contributed by atoms with Crippen LogP contribution in [0.3, 0.4) is 0 Å². The normalized spacial score (nSPS) is 10.4. The molecular formula is C20H25N3O2. The predicted molar refractivity (Wildman–Crippen MR) is 102 cm³/mol. The molecule has 25 heavy (non-hydrogen) atoms. The number of para-hydroxylation sites is 1. The van der Waals surface area contributed by atoms with Gasteiger partial charge in [-0.1, -0.05) is 30.3 Å². The summed E-state index contributed by atoms with van der Waals surface area (Å²) in [6.45, 7) is 8.06. The van der Waals surface area contributed by atoms with Gasteiger partial charge in [-0.25, -0.2) is 4.79 Å². The highest BCUT2D eigenvalue weighted by Gasteiger charge is 2.13. The zero-order valence-electron chi connectivity index (χ0n) is 15.2. The Labute approximate surface area is 149 Å². The van der Waals surface area contributed by atoms with Crippen LogP contribution in [0.5, 0.6) is 0 Å². The van der Waals surface area contributed by atoms with Gasteiger partial charge in [0.1, 0.15) is 0 Å². The largest absolute Gasteiger partial charge is 0.336 e. The van der Waals surface area contributed by atoms with E-state index in [1.165, 1.54) is 0 Å². The van der Waals surface area contributed by atoms with E-state index < -0.39 is 0 Å². The molecule has 0 radical (unpaired) electrons. The van der Waals surface area contributed by atoms with Crippen LogP contribution in [0.4, 0.5) is 16.2 Å². The molecule has 0 atom stereocenters. The minimum atomic E-state index is -0.283. The van der Waals surface area contributed by atoms with Crippen LogP contribution in [0.15, 0.2) is 48.5 Å². The van der Waals surface area contributed by atoms with Gasteiger partial charge >= 0.3 is 6.03 Å². The SMILES string of the molecule is CC(=O)N(Cc1ccc(NC(=O)Nc2ccccc2C)cc1)C(C)C. The first-order chi connectivity index (χ1) is 11.9. The molecule has 0 aromatic heterocycles. The quantitative estimate of drug-likeness (QED) is 0.848. The van der Waals surface area contributed by atoms with Crippen molar-refractivity contribution in [2.24, 2.45) is 0 Å². The Morgan fingerprint density at radius 1 is 1.00 bits per heavy atom. The van der Waals surface area contributed by atoms with Gasteiger partial charge in [0.15, 0.2) is 0 Å². The van der Waals surface area contributed by atoms with Crippen LogP contribution in [0.25, 0.3) is 0 Å². The number of carbonyl (C=O) groups excluding carboxylic acids is 2. The summed E-state index contributed by atoms with van der Waals surface area (Å²) in [5.41, 5.74) is 3.51. The summed E-state index contributed by atoms with van der Waals surface area (Å²) < 4.78 is 0. The van der Waals surface area contributed by atoms with E-state index in [9.17, 15) is 9.59 Å². The van der Waals surface area contributed by atoms with Gasteiger partial charge < -0.3 is 15.5 Å². The topological polar surface area (TPSA) is 61.4 Å². The second-order valence-electron chi connectivity index (χ2n) is 6.33. The van der Waals surface area contributed by atoms with E-state index in [-0.39, 0.29) is 18.0 Å². The maximum absolute atomic E-state index is 12.1. The van der Waals surface area contributed by atoms with Crippen LogP contribution >= 0.6 is 0 Å². The van der Waals surface area contributed by atoms with Crippen molar-refractivity contribution in [3.05, 3.63) is 59.7 Å². The van der Waals surface area contributed by atoms with Crippen LogP contribution in [-0.4, -0.2) is 22.9 Å². The Bertz CT molecular complexity index is 739. The maximum atomic E-state index is 12.1. The molecule has 5 heteroatoms. The van der Waals surface area contributed by atoms with Crippen LogP contribution < -0.4 is 10.6 Å². The molecule has 2 aromatic carbocycles. The Morgan fingerprint density at radius 3 is 2.20 bits per heavy atom. The Hall–Kier alpha value is -2.82. The lowest BCUT2D eigenvalue weighted by Crippen LogP contribution is -2.34. The fraction of sp³-hybridized carbons (Fsp3) is 0.300. The zero-order chi connectivity index (χ0) is 18.4. The smallest absolute Gasteiger partial charge is 0.323 e. The number of amides is 3. The molecule has 0 aliphatic rings. The second-order valence-corrected chi connectivity index (χ2v) is 6.33. The predicted octanol–water partition coefficient (Wildman–Crippen LogP) is 4.40. The van der Waals surface area contributed by atoms with Gasteiger partial charge in [0, 0.05) is 30.9 Å². The summed E-state index contributed by atoms with van der Waals surface area (Å²) in [7, 11) is 0. The Balaban J connectivity index is 1.97. The van der Waals surface area contributed by atoms with Crippen molar-refractivity contribution in [2.45, 2.75) is 40.3 Å². The molecule has 2 N–H and O–H groups in total. The minimum Gasteiger partial charge on any atom is -0.336 e. The first-order valence-electron chi connectivity index (χ1n) is 8.36. The van der Waals surface area contributed by atoms with E-state index in [4.69, 9.17) is 0 Å². The molecule has 0 fully saturated rings. The molecule has 0 aliphatic carbocycles. The molecule has 0 bridgehead atoms. The first kappa shape index (κ1) is 18.5. The molecule has 0 heterocycles. The fourth-order valence-electron chi connectivity index (χ4n) is 2.55. The van der Waals surface area contributed by atoms with Crippen LogP contribution in [0.2, 0.25) is 0 Å². The molecule has 0 spiro atoms. The fourth-order valence-corrected chi connectivity index (χ4v) is 2.55. The summed E-state index contributed by atoms with van der Waals surface area (Å²) in [5, 5.41) is 5.65. The van der Waals surface area contributed by atoms with E-state index in [1.807, 2.05) is 69.3 Å². The average Bonchev–Trinajstić information content (AvgIpc) is 2.55. The van der Waals surface area contributed by atoms with Gasteiger partial charge in [-0.05, 0) is 50.1 Å². The molecule has 5 nitrogen and oxygen atoms in total. The number of carbonyl (C=O) groups is 2. The number of nitrogens with one attached hydrogen (secondary N) is 2. The standard InChI is InChI=1S/C20H25N3O2/c1-14(2)23(16(4)24)13-17-9-11-18(12-10-17)21-20(25)22-19-8-6-5-7-15(19)3/h5-12,14H,13H2,1-4H3,(H2,21,22,25). The second kappa shape index (κ2) is 8.33. The van der Waals surface area contributed by atoms with Crippen molar-refractivity contribution in [1.29, 1.82) is 0 Å². The molecule has 0 unspecified atom stereocenters. The number of benzene rings is 2. The maximum Gasteiger partial charge on any atom is 0.323 e. The average molecular weight is 339 g/mol. The van der Waals surface area contributed by atoms with Gasteiger partial charge in [0.2, 0.25) is 5.91 Å². The van der Waals surface area contributed by atoms with E-state index in [0.717, 1.165) is 16.8 Å². The summed E-state index contributed by atoms with van der Waals surface area (Å²) in [6, 6.07) is 15.0. The third-order valence-electron chi connectivity index (χ3n) is 3.99. The highest BCUT2D eigenvalue weighted by Crippen LogP contribution is 2.16. The zero-order valence-corrected chi connectivity index (χ0v) is 15.2. The van der Waals surface area contributed by atoms with Gasteiger partial charge in [-0.2, -0.15) is 0 Å². The van der Waals surface area contributed by atoms with Gasteiger partial charge in [-0.15, -0.1) is 0 Å². The molecule has 2 aromatic rings. The highest BCUT2D eigenvalue weighted by atomic mass is 16.2. The van der Waals surface area contributed by atoms with Crippen LogP contribution in [0, 0.1) is 6.92 Å². The molecule has 2 rings (SSSR count). The molecule has 3 amide bonds. The Kier molecular flexibility index (Phi) is 6.17. The number of rotatable bonds is 5. The molecule has 0 saturated carbocycles. The van der Waals surface area contributed by atoms with Crippen molar-refractivity contribution in [3.63, 3.8) is 0 Å². The molecule has 0 aliphatic heterocycles. The third-order valence-corrected chi connectivity index (χ3v) is 3.99. The number of aryl methyl sites for hydroxylation is 1.